The summed E-state index contributed by atoms with van der Waals surface area (Å²) in [7, 11) is 0. The summed E-state index contributed by atoms with van der Waals surface area (Å²) < 4.78 is 44.3. The fourth-order valence-electron chi connectivity index (χ4n) is 8.85. The van der Waals surface area contributed by atoms with E-state index in [1.54, 1.807) is 30.3 Å². The van der Waals surface area contributed by atoms with Crippen molar-refractivity contribution in [2.45, 2.75) is 83.7 Å². The van der Waals surface area contributed by atoms with Crippen LogP contribution < -0.4 is 0 Å². The van der Waals surface area contributed by atoms with Crippen LogP contribution in [0.5, 0.6) is 0 Å². The van der Waals surface area contributed by atoms with E-state index in [2.05, 4.69) is 13.8 Å². The Labute approximate surface area is 189 Å². The molecule has 7 atom stereocenters. The summed E-state index contributed by atoms with van der Waals surface area (Å²) in [5.41, 5.74) is -0.344. The number of carbonyl (C=O) groups is 1. The largest absolute Gasteiger partial charge is 0.398 e. The van der Waals surface area contributed by atoms with Gasteiger partial charge in [0.15, 0.2) is 5.78 Å². The quantitative estimate of drug-likeness (QED) is 0.458. The smallest absolute Gasteiger partial charge is 0.295 e. The van der Waals surface area contributed by atoms with E-state index in [-0.39, 0.29) is 16.6 Å². The van der Waals surface area contributed by atoms with Crippen molar-refractivity contribution in [2.24, 2.45) is 34.5 Å². The Hall–Kier alpha value is -1.58. The van der Waals surface area contributed by atoms with Gasteiger partial charge in [-0.3, -0.25) is 4.79 Å². The van der Waals surface area contributed by atoms with E-state index < -0.39 is 17.5 Å². The molecule has 3 saturated carbocycles. The molecule has 0 radical (unpaired) electrons. The third-order valence-corrected chi connectivity index (χ3v) is 10.6. The van der Waals surface area contributed by atoms with Gasteiger partial charge >= 0.3 is 6.18 Å². The van der Waals surface area contributed by atoms with Crippen molar-refractivity contribution < 1.29 is 18.0 Å². The number of carbonyl (C=O) groups excluding carboxylic acids is 1. The number of fused-ring (bicyclic) bond motifs is 5. The molecule has 32 heavy (non-hydrogen) atoms. The Morgan fingerprint density at radius 1 is 0.906 bits per heavy atom. The molecule has 0 amide bonds. The van der Waals surface area contributed by atoms with Crippen molar-refractivity contribution in [1.82, 2.24) is 0 Å². The van der Waals surface area contributed by atoms with E-state index in [9.17, 15) is 18.0 Å². The summed E-state index contributed by atoms with van der Waals surface area (Å²) >= 11 is 0. The average molecular weight is 445 g/mol. The van der Waals surface area contributed by atoms with E-state index in [0.717, 1.165) is 38.5 Å². The molecule has 0 aromatic heterocycles. The average Bonchev–Trinajstić information content (AvgIpc) is 3.11. The van der Waals surface area contributed by atoms with Gasteiger partial charge in [0.1, 0.15) is 0 Å². The van der Waals surface area contributed by atoms with Crippen LogP contribution in [0.25, 0.3) is 0 Å². The van der Waals surface area contributed by atoms with Crippen LogP contribution in [0.3, 0.4) is 0 Å². The molecule has 0 aliphatic heterocycles. The maximum Gasteiger partial charge on any atom is 0.398 e. The number of hydrogen-bond donors (Lipinski definition) is 0. The van der Waals surface area contributed by atoms with Crippen molar-refractivity contribution in [3.05, 3.63) is 47.5 Å². The molecular weight excluding hydrogens is 409 g/mol. The van der Waals surface area contributed by atoms with Gasteiger partial charge in [-0.1, -0.05) is 49.8 Å². The van der Waals surface area contributed by atoms with E-state index in [0.29, 0.717) is 36.2 Å². The zero-order valence-electron chi connectivity index (χ0n) is 19.5. The summed E-state index contributed by atoms with van der Waals surface area (Å²) in [4.78, 5) is 12.1. The van der Waals surface area contributed by atoms with E-state index in [1.165, 1.54) is 12.5 Å². The molecule has 0 bridgehead atoms. The lowest BCUT2D eigenvalue weighted by atomic mass is 9.45. The number of allylic oxidation sites excluding steroid dienone is 1. The lowest BCUT2D eigenvalue weighted by molar-refractivity contribution is -0.216. The predicted molar refractivity (Wildman–Crippen MR) is 120 cm³/mol. The molecule has 4 aliphatic rings. The molecule has 0 N–H and O–H groups in total. The number of ketones is 1. The maximum absolute atomic E-state index is 14.8. The van der Waals surface area contributed by atoms with E-state index >= 15 is 0 Å². The highest BCUT2D eigenvalue weighted by molar-refractivity contribution is 5.91. The summed E-state index contributed by atoms with van der Waals surface area (Å²) in [6.45, 7) is 5.97. The molecule has 1 aromatic rings. The number of alkyl halides is 3. The number of hydrogen-bond acceptors (Lipinski definition) is 1. The van der Waals surface area contributed by atoms with Gasteiger partial charge in [-0.15, -0.1) is 0 Å². The van der Waals surface area contributed by atoms with Crippen LogP contribution in [-0.2, 0) is 10.2 Å². The Morgan fingerprint density at radius 3 is 2.31 bits per heavy atom. The fourth-order valence-corrected chi connectivity index (χ4v) is 8.85. The lowest BCUT2D eigenvalue weighted by Crippen LogP contribution is -2.55. The standard InChI is InChI=1S/C28H35F3O/c1-25-15-13-20(32)17-19(25)9-10-21-22-11-12-24(26(22,2)16-14-23(21)25)27(3,28(29,30)31)18-7-5-4-6-8-18/h4-8,17,21-24H,9-16H2,1-3H3/t21-,22-,23+,24?,25-,26-,27?/m0/s1. The first kappa shape index (κ1) is 22.2. The SMILES string of the molecule is CC(c1ccccc1)(C1CC[C@H]2[C@@H]3CCC4=CC(=O)CC[C@]4(C)[C@@H]3CC[C@]12C)C(F)(F)F. The van der Waals surface area contributed by atoms with Crippen LogP contribution >= 0.6 is 0 Å². The first-order valence-corrected chi connectivity index (χ1v) is 12.4. The predicted octanol–water partition coefficient (Wildman–Crippen LogP) is 7.65. The van der Waals surface area contributed by atoms with Crippen molar-refractivity contribution in [3.8, 4) is 0 Å². The van der Waals surface area contributed by atoms with Crippen molar-refractivity contribution in [1.29, 1.82) is 0 Å². The van der Waals surface area contributed by atoms with E-state index in [4.69, 9.17) is 0 Å². The van der Waals surface area contributed by atoms with Crippen LogP contribution in [0.15, 0.2) is 42.0 Å². The van der Waals surface area contributed by atoms with Crippen molar-refractivity contribution >= 4 is 5.78 Å². The molecule has 0 saturated heterocycles. The van der Waals surface area contributed by atoms with Gasteiger partial charge in [0.2, 0.25) is 0 Å². The summed E-state index contributed by atoms with van der Waals surface area (Å²) in [6.07, 6.45) is 4.51. The number of rotatable bonds is 2. The first-order chi connectivity index (χ1) is 15.0. The Morgan fingerprint density at radius 2 is 1.62 bits per heavy atom. The summed E-state index contributed by atoms with van der Waals surface area (Å²) in [5, 5.41) is 0. The normalized spacial score (nSPS) is 41.2. The Bertz CT molecular complexity index is 934. The highest BCUT2D eigenvalue weighted by Gasteiger charge is 2.67. The van der Waals surface area contributed by atoms with Crippen LogP contribution in [-0.4, -0.2) is 12.0 Å². The minimum absolute atomic E-state index is 0.0585. The summed E-state index contributed by atoms with van der Waals surface area (Å²) in [6, 6.07) is 8.63. The molecule has 5 rings (SSSR count). The molecule has 3 fully saturated rings. The second kappa shape index (κ2) is 7.21. The fraction of sp³-hybridized carbons (Fsp3) is 0.679. The minimum Gasteiger partial charge on any atom is -0.295 e. The zero-order valence-corrected chi connectivity index (χ0v) is 19.5. The van der Waals surface area contributed by atoms with Gasteiger partial charge in [0, 0.05) is 6.42 Å². The van der Waals surface area contributed by atoms with Crippen molar-refractivity contribution in [2.75, 3.05) is 0 Å². The molecule has 4 heteroatoms. The van der Waals surface area contributed by atoms with Crippen LogP contribution in [0.4, 0.5) is 13.2 Å². The third-order valence-electron chi connectivity index (χ3n) is 10.6. The topological polar surface area (TPSA) is 17.1 Å². The third kappa shape index (κ3) is 2.93. The molecule has 1 aromatic carbocycles. The highest BCUT2D eigenvalue weighted by atomic mass is 19.4. The molecule has 0 heterocycles. The molecule has 2 unspecified atom stereocenters. The van der Waals surface area contributed by atoms with Gasteiger partial charge in [0.05, 0.1) is 5.41 Å². The van der Waals surface area contributed by atoms with Gasteiger partial charge in [0.25, 0.3) is 0 Å². The van der Waals surface area contributed by atoms with Crippen LogP contribution in [0.2, 0.25) is 0 Å². The minimum atomic E-state index is -4.29. The lowest BCUT2D eigenvalue weighted by Gasteiger charge is -2.59. The zero-order chi connectivity index (χ0) is 22.9. The van der Waals surface area contributed by atoms with Gasteiger partial charge in [-0.2, -0.15) is 13.2 Å². The summed E-state index contributed by atoms with van der Waals surface area (Å²) in [5.74, 6) is 1.17. The number of benzene rings is 1. The van der Waals surface area contributed by atoms with Gasteiger partial charge in [-0.05, 0) is 98.0 Å². The highest BCUT2D eigenvalue weighted by Crippen LogP contribution is 2.70. The molecule has 174 valence electrons. The molecule has 4 aliphatic carbocycles. The molecule has 0 spiro atoms. The second-order valence-electron chi connectivity index (χ2n) is 11.7. The number of halogens is 3. The Balaban J connectivity index is 1.52. The van der Waals surface area contributed by atoms with Crippen molar-refractivity contribution in [3.63, 3.8) is 0 Å². The monoisotopic (exact) mass is 444 g/mol. The van der Waals surface area contributed by atoms with Gasteiger partial charge < -0.3 is 0 Å². The van der Waals surface area contributed by atoms with E-state index in [1.807, 2.05) is 6.08 Å². The Kier molecular flexibility index (Phi) is 5.01. The van der Waals surface area contributed by atoms with Crippen LogP contribution in [0, 0.1) is 34.5 Å². The second-order valence-corrected chi connectivity index (χ2v) is 11.7. The first-order valence-electron chi connectivity index (χ1n) is 12.4. The van der Waals surface area contributed by atoms with Gasteiger partial charge in [-0.25, -0.2) is 0 Å². The maximum atomic E-state index is 14.8. The molecule has 1 nitrogen and oxygen atoms in total. The molecular formula is C28H35F3O. The van der Waals surface area contributed by atoms with Crippen LogP contribution in [0.1, 0.15) is 77.7 Å².